The fourth-order valence-corrected chi connectivity index (χ4v) is 2.93. The van der Waals surface area contributed by atoms with Crippen molar-refractivity contribution in [3.05, 3.63) is 64.7 Å². The van der Waals surface area contributed by atoms with Crippen LogP contribution in [0.3, 0.4) is 0 Å². The minimum Gasteiger partial charge on any atom is -0.383 e. The van der Waals surface area contributed by atoms with Gasteiger partial charge in [-0.3, -0.25) is 4.79 Å². The van der Waals surface area contributed by atoms with Crippen LogP contribution in [0.1, 0.15) is 23.6 Å². The Balaban J connectivity index is 2.01. The second kappa shape index (κ2) is 5.80. The van der Waals surface area contributed by atoms with Gasteiger partial charge >= 0.3 is 0 Å². The van der Waals surface area contributed by atoms with Gasteiger partial charge in [-0.25, -0.2) is 0 Å². The Bertz CT molecular complexity index is 752. The van der Waals surface area contributed by atoms with Crippen LogP contribution in [0.5, 0.6) is 0 Å². The number of carbonyl (C=O) groups is 1. The van der Waals surface area contributed by atoms with Gasteiger partial charge in [0.15, 0.2) is 0 Å². The van der Waals surface area contributed by atoms with E-state index in [-0.39, 0.29) is 11.9 Å². The number of anilines is 1. The standard InChI is InChI=1S/C17H13ClN2O2/c18-13-3-1-2-12(8-13)15-9-16(21)17(22)20(15)14-6-4-11(10-19)5-7-14/h1-8,15-16,21H,9H2/t15-,16+/m0/s1. The fraction of sp³-hybridized carbons (Fsp3) is 0.176. The van der Waals surface area contributed by atoms with E-state index in [1.807, 2.05) is 18.2 Å². The molecule has 1 N–H and O–H groups in total. The van der Waals surface area contributed by atoms with Crippen molar-refractivity contribution < 1.29 is 9.90 Å². The molecular weight excluding hydrogens is 300 g/mol. The van der Waals surface area contributed by atoms with Gasteiger partial charge in [-0.1, -0.05) is 23.7 Å². The molecule has 4 nitrogen and oxygen atoms in total. The molecule has 1 aliphatic heterocycles. The average Bonchev–Trinajstić information content (AvgIpc) is 2.83. The lowest BCUT2D eigenvalue weighted by Crippen LogP contribution is -2.30. The highest BCUT2D eigenvalue weighted by atomic mass is 35.5. The molecule has 0 radical (unpaired) electrons. The molecule has 1 aliphatic rings. The molecule has 1 saturated heterocycles. The normalized spacial score (nSPS) is 21.0. The van der Waals surface area contributed by atoms with Gasteiger partial charge in [-0.2, -0.15) is 5.26 Å². The number of rotatable bonds is 2. The summed E-state index contributed by atoms with van der Waals surface area (Å²) in [4.78, 5) is 13.9. The minimum atomic E-state index is -1.03. The number of nitriles is 1. The van der Waals surface area contributed by atoms with E-state index in [2.05, 4.69) is 0 Å². The molecule has 110 valence electrons. The molecule has 5 heteroatoms. The third kappa shape index (κ3) is 2.57. The summed E-state index contributed by atoms with van der Waals surface area (Å²) in [5.74, 6) is -0.338. The van der Waals surface area contributed by atoms with E-state index in [1.54, 1.807) is 41.3 Å². The summed E-state index contributed by atoms with van der Waals surface area (Å²) in [6, 6.07) is 15.8. The van der Waals surface area contributed by atoms with Gasteiger partial charge in [0.2, 0.25) is 0 Å². The molecule has 0 spiro atoms. The monoisotopic (exact) mass is 312 g/mol. The second-order valence-corrected chi connectivity index (χ2v) is 5.63. The zero-order valence-corrected chi connectivity index (χ0v) is 12.4. The Kier molecular flexibility index (Phi) is 3.84. The van der Waals surface area contributed by atoms with Crippen LogP contribution in [0.25, 0.3) is 0 Å². The highest BCUT2D eigenvalue weighted by Crippen LogP contribution is 2.37. The summed E-state index contributed by atoms with van der Waals surface area (Å²) >= 11 is 6.03. The quantitative estimate of drug-likeness (QED) is 0.927. The van der Waals surface area contributed by atoms with Crippen molar-refractivity contribution in [3.63, 3.8) is 0 Å². The molecular formula is C17H13ClN2O2. The molecule has 0 bridgehead atoms. The van der Waals surface area contributed by atoms with E-state index in [0.29, 0.717) is 22.7 Å². The zero-order chi connectivity index (χ0) is 15.7. The van der Waals surface area contributed by atoms with E-state index in [9.17, 15) is 9.90 Å². The highest BCUT2D eigenvalue weighted by Gasteiger charge is 2.40. The van der Waals surface area contributed by atoms with Crippen molar-refractivity contribution in [2.45, 2.75) is 18.6 Å². The molecule has 2 atom stereocenters. The molecule has 2 aromatic carbocycles. The number of benzene rings is 2. The molecule has 1 amide bonds. The van der Waals surface area contributed by atoms with Crippen molar-refractivity contribution in [1.29, 1.82) is 5.26 Å². The van der Waals surface area contributed by atoms with Gasteiger partial charge in [-0.15, -0.1) is 0 Å². The summed E-state index contributed by atoms with van der Waals surface area (Å²) in [6.45, 7) is 0. The van der Waals surface area contributed by atoms with E-state index in [4.69, 9.17) is 16.9 Å². The van der Waals surface area contributed by atoms with Gasteiger partial charge in [0, 0.05) is 17.1 Å². The van der Waals surface area contributed by atoms with E-state index >= 15 is 0 Å². The largest absolute Gasteiger partial charge is 0.383 e. The van der Waals surface area contributed by atoms with Crippen LogP contribution in [0.2, 0.25) is 5.02 Å². The van der Waals surface area contributed by atoms with Crippen LogP contribution in [0, 0.1) is 11.3 Å². The lowest BCUT2D eigenvalue weighted by atomic mass is 10.0. The van der Waals surface area contributed by atoms with Crippen LogP contribution in [-0.2, 0) is 4.79 Å². The smallest absolute Gasteiger partial charge is 0.256 e. The van der Waals surface area contributed by atoms with Crippen LogP contribution in [0.4, 0.5) is 5.69 Å². The van der Waals surface area contributed by atoms with E-state index in [1.165, 1.54) is 0 Å². The van der Waals surface area contributed by atoms with Gasteiger partial charge in [0.25, 0.3) is 5.91 Å². The summed E-state index contributed by atoms with van der Waals surface area (Å²) in [5, 5.41) is 19.4. The summed E-state index contributed by atoms with van der Waals surface area (Å²) < 4.78 is 0. The first-order valence-corrected chi connectivity index (χ1v) is 7.24. The Morgan fingerprint density at radius 1 is 1.23 bits per heavy atom. The van der Waals surface area contributed by atoms with Crippen molar-refractivity contribution in [2.75, 3.05) is 4.90 Å². The van der Waals surface area contributed by atoms with Crippen molar-refractivity contribution in [1.82, 2.24) is 0 Å². The lowest BCUT2D eigenvalue weighted by molar-refractivity contribution is -0.124. The van der Waals surface area contributed by atoms with Gasteiger partial charge in [0.1, 0.15) is 6.10 Å². The Labute approximate surface area is 133 Å². The Morgan fingerprint density at radius 2 is 1.95 bits per heavy atom. The number of hydrogen-bond acceptors (Lipinski definition) is 3. The zero-order valence-electron chi connectivity index (χ0n) is 11.6. The molecule has 0 unspecified atom stereocenters. The van der Waals surface area contributed by atoms with Crippen molar-refractivity contribution >= 4 is 23.2 Å². The maximum absolute atomic E-state index is 12.3. The van der Waals surface area contributed by atoms with Crippen molar-refractivity contribution in [2.24, 2.45) is 0 Å². The molecule has 1 fully saturated rings. The Hall–Kier alpha value is -2.35. The third-order valence-electron chi connectivity index (χ3n) is 3.79. The first kappa shape index (κ1) is 14.6. The first-order chi connectivity index (χ1) is 10.6. The van der Waals surface area contributed by atoms with Gasteiger partial charge in [0.05, 0.1) is 17.7 Å². The molecule has 3 rings (SSSR count). The summed E-state index contributed by atoms with van der Waals surface area (Å²) in [6.07, 6.45) is -0.709. The summed E-state index contributed by atoms with van der Waals surface area (Å²) in [7, 11) is 0. The predicted molar refractivity (Wildman–Crippen MR) is 83.5 cm³/mol. The maximum Gasteiger partial charge on any atom is 0.256 e. The van der Waals surface area contributed by atoms with Gasteiger partial charge < -0.3 is 10.0 Å². The van der Waals surface area contributed by atoms with Crippen molar-refractivity contribution in [3.8, 4) is 6.07 Å². The minimum absolute atomic E-state index is 0.269. The number of nitrogens with zero attached hydrogens (tertiary/aromatic N) is 2. The third-order valence-corrected chi connectivity index (χ3v) is 4.02. The van der Waals surface area contributed by atoms with E-state index in [0.717, 1.165) is 5.56 Å². The molecule has 0 aromatic heterocycles. The number of amides is 1. The molecule has 2 aromatic rings. The number of halogens is 1. The van der Waals surface area contributed by atoms with Crippen LogP contribution < -0.4 is 4.90 Å². The molecule has 0 aliphatic carbocycles. The first-order valence-electron chi connectivity index (χ1n) is 6.87. The van der Waals surface area contributed by atoms with Crippen LogP contribution in [0.15, 0.2) is 48.5 Å². The highest BCUT2D eigenvalue weighted by molar-refractivity contribution is 6.30. The molecule has 1 heterocycles. The summed E-state index contributed by atoms with van der Waals surface area (Å²) in [5.41, 5.74) is 2.06. The van der Waals surface area contributed by atoms with Gasteiger partial charge in [-0.05, 0) is 42.0 Å². The number of carbonyl (C=O) groups excluding carboxylic acids is 1. The fourth-order valence-electron chi connectivity index (χ4n) is 2.73. The predicted octanol–water partition coefficient (Wildman–Crippen LogP) is 3.05. The van der Waals surface area contributed by atoms with Crippen LogP contribution in [-0.4, -0.2) is 17.1 Å². The SMILES string of the molecule is N#Cc1ccc(N2C(=O)[C@H](O)C[C@H]2c2cccc(Cl)c2)cc1. The topological polar surface area (TPSA) is 64.3 Å². The average molecular weight is 313 g/mol. The number of aliphatic hydroxyl groups is 1. The molecule has 22 heavy (non-hydrogen) atoms. The lowest BCUT2D eigenvalue weighted by Gasteiger charge is -2.25. The Morgan fingerprint density at radius 3 is 2.59 bits per heavy atom. The number of hydrogen-bond donors (Lipinski definition) is 1. The number of aliphatic hydroxyl groups excluding tert-OH is 1. The maximum atomic E-state index is 12.3. The van der Waals surface area contributed by atoms with E-state index < -0.39 is 6.10 Å². The van der Waals surface area contributed by atoms with Crippen LogP contribution >= 0.6 is 11.6 Å². The second-order valence-electron chi connectivity index (χ2n) is 5.19. The molecule has 0 saturated carbocycles.